The first kappa shape index (κ1) is 27.9. The van der Waals surface area contributed by atoms with Gasteiger partial charge in [0, 0.05) is 44.9 Å². The second-order valence-corrected chi connectivity index (χ2v) is 8.68. The van der Waals surface area contributed by atoms with E-state index >= 15 is 0 Å². The minimum atomic E-state index is -0.617. The lowest BCUT2D eigenvalue weighted by atomic mass is 10.1. The number of anilines is 3. The Morgan fingerprint density at radius 3 is 1.59 bits per heavy atom. The molecule has 0 unspecified atom stereocenters. The molecule has 0 aliphatic heterocycles. The molecule has 8 nitrogen and oxygen atoms in total. The van der Waals surface area contributed by atoms with Crippen LogP contribution in [0.1, 0.15) is 52.6 Å². The van der Waals surface area contributed by atoms with Crippen LogP contribution in [0.15, 0.2) is 84.9 Å². The van der Waals surface area contributed by atoms with Crippen molar-refractivity contribution in [3.05, 3.63) is 118 Å². The summed E-state index contributed by atoms with van der Waals surface area (Å²) in [4.78, 5) is 51.1. The number of ether oxygens (including phenoxy) is 1. The van der Waals surface area contributed by atoms with Crippen LogP contribution in [0.25, 0.3) is 0 Å². The van der Waals surface area contributed by atoms with Gasteiger partial charge in [-0.3, -0.25) is 19.2 Å². The predicted molar refractivity (Wildman–Crippen MR) is 157 cm³/mol. The minimum absolute atomic E-state index is 0.0869. The van der Waals surface area contributed by atoms with E-state index in [1.165, 1.54) is 37.4 Å². The lowest BCUT2D eigenvalue weighted by Crippen LogP contribution is -2.19. The lowest BCUT2D eigenvalue weighted by Gasteiger charge is -2.13. The van der Waals surface area contributed by atoms with E-state index in [0.29, 0.717) is 34.5 Å². The maximum atomic E-state index is 13.2. The van der Waals surface area contributed by atoms with Crippen molar-refractivity contribution in [3.8, 4) is 30.4 Å². The van der Waals surface area contributed by atoms with Crippen molar-refractivity contribution in [2.24, 2.45) is 0 Å². The second-order valence-electron chi connectivity index (χ2n) is 8.68. The first-order valence-electron chi connectivity index (χ1n) is 12.2. The van der Waals surface area contributed by atoms with Crippen LogP contribution in [0.2, 0.25) is 0 Å². The van der Waals surface area contributed by atoms with Crippen molar-refractivity contribution in [1.29, 1.82) is 0 Å². The van der Waals surface area contributed by atoms with Gasteiger partial charge in [-0.1, -0.05) is 11.8 Å². The highest BCUT2D eigenvalue weighted by atomic mass is 16.5. The molecule has 3 amide bonds. The number of carbonyl (C=O) groups excluding carboxylic acids is 4. The maximum Gasteiger partial charge on any atom is 0.256 e. The molecule has 0 spiro atoms. The van der Waals surface area contributed by atoms with Gasteiger partial charge in [-0.25, -0.2) is 0 Å². The van der Waals surface area contributed by atoms with Crippen molar-refractivity contribution in [3.63, 3.8) is 0 Å². The van der Waals surface area contributed by atoms with Gasteiger partial charge < -0.3 is 20.7 Å². The summed E-state index contributed by atoms with van der Waals surface area (Å²) in [7, 11) is 1.44. The maximum absolute atomic E-state index is 13.2. The highest BCUT2D eigenvalue weighted by Gasteiger charge is 2.17. The third-order valence-electron chi connectivity index (χ3n) is 5.96. The Bertz CT molecular complexity index is 1640. The number of amides is 3. The van der Waals surface area contributed by atoms with E-state index in [1.807, 2.05) is 0 Å². The lowest BCUT2D eigenvalue weighted by molar-refractivity contribution is 0.101. The third kappa shape index (κ3) is 6.85. The summed E-state index contributed by atoms with van der Waals surface area (Å²) in [5.41, 5.74) is 2.82. The fraction of sp³-hybridized carbons (Fsp3) is 0.0303. The van der Waals surface area contributed by atoms with Crippen molar-refractivity contribution in [2.45, 2.75) is 0 Å². The van der Waals surface area contributed by atoms with Crippen LogP contribution in [-0.4, -0.2) is 31.1 Å². The van der Waals surface area contributed by atoms with Crippen molar-refractivity contribution in [1.82, 2.24) is 0 Å². The van der Waals surface area contributed by atoms with E-state index in [4.69, 9.17) is 17.6 Å². The Balaban J connectivity index is 1.66. The Morgan fingerprint density at radius 2 is 1.15 bits per heavy atom. The molecule has 4 rings (SSSR count). The molecule has 0 heterocycles. The van der Waals surface area contributed by atoms with Crippen LogP contribution in [0.4, 0.5) is 17.1 Å². The van der Waals surface area contributed by atoms with E-state index < -0.39 is 17.7 Å². The number of hydrogen-bond acceptors (Lipinski definition) is 5. The fourth-order valence-electron chi connectivity index (χ4n) is 3.84. The molecule has 0 atom stereocenters. The van der Waals surface area contributed by atoms with E-state index in [0.717, 1.165) is 0 Å². The summed E-state index contributed by atoms with van der Waals surface area (Å²) in [6.07, 6.45) is 11.3. The smallest absolute Gasteiger partial charge is 0.256 e. The molecule has 41 heavy (non-hydrogen) atoms. The second kappa shape index (κ2) is 12.6. The third-order valence-corrected chi connectivity index (χ3v) is 5.96. The molecule has 0 aliphatic carbocycles. The summed E-state index contributed by atoms with van der Waals surface area (Å²) in [6, 6.07) is 22.0. The number of aldehydes is 1. The molecule has 0 aromatic heterocycles. The Kier molecular flexibility index (Phi) is 8.59. The fourth-order valence-corrected chi connectivity index (χ4v) is 3.84. The van der Waals surface area contributed by atoms with Gasteiger partial charge in [0.2, 0.25) is 0 Å². The number of hydrogen-bond donors (Lipinski definition) is 3. The Labute approximate surface area is 236 Å². The summed E-state index contributed by atoms with van der Waals surface area (Å²) in [5.74, 6) is 3.74. The van der Waals surface area contributed by atoms with E-state index in [9.17, 15) is 19.2 Å². The quantitative estimate of drug-likeness (QED) is 0.209. The van der Waals surface area contributed by atoms with Crippen LogP contribution in [0, 0.1) is 24.7 Å². The first-order chi connectivity index (χ1) is 19.8. The Hall–Kier alpha value is -6.12. The normalized spacial score (nSPS) is 9.93. The molecule has 0 saturated carbocycles. The van der Waals surface area contributed by atoms with Crippen LogP contribution in [0.3, 0.4) is 0 Å². The van der Waals surface area contributed by atoms with Crippen molar-refractivity contribution >= 4 is 41.1 Å². The SMILES string of the molecule is C#Cc1ccc(NC(=O)c2cc(NC(=O)c3ccc(OC)cc3C=O)cc(C(=O)Nc3ccc(C#C)cc3)c2)cc1. The molecule has 0 radical (unpaired) electrons. The molecular formula is C33H23N3O5. The molecule has 3 N–H and O–H groups in total. The van der Waals surface area contributed by atoms with Gasteiger partial charge in [0.15, 0.2) is 6.29 Å². The molecule has 8 heteroatoms. The van der Waals surface area contributed by atoms with Crippen molar-refractivity contribution < 1.29 is 23.9 Å². The number of methoxy groups -OCH3 is 1. The highest BCUT2D eigenvalue weighted by molar-refractivity contribution is 6.12. The topological polar surface area (TPSA) is 114 Å². The molecule has 0 bridgehead atoms. The van der Waals surface area contributed by atoms with Gasteiger partial charge in [-0.05, 0) is 84.9 Å². The van der Waals surface area contributed by atoms with Gasteiger partial charge in [-0.15, -0.1) is 12.8 Å². The summed E-state index contributed by atoms with van der Waals surface area (Å²) < 4.78 is 5.12. The minimum Gasteiger partial charge on any atom is -0.497 e. The number of rotatable bonds is 8. The molecule has 4 aromatic carbocycles. The largest absolute Gasteiger partial charge is 0.497 e. The predicted octanol–water partition coefficient (Wildman–Crippen LogP) is 5.23. The highest BCUT2D eigenvalue weighted by Crippen LogP contribution is 2.22. The average molecular weight is 542 g/mol. The number of terminal acetylenes is 2. The van der Waals surface area contributed by atoms with Crippen LogP contribution in [-0.2, 0) is 0 Å². The molecule has 4 aromatic rings. The van der Waals surface area contributed by atoms with Gasteiger partial charge >= 0.3 is 0 Å². The van der Waals surface area contributed by atoms with Crippen LogP contribution in [0.5, 0.6) is 5.75 Å². The zero-order chi connectivity index (χ0) is 29.4. The van der Waals surface area contributed by atoms with Gasteiger partial charge in [0.25, 0.3) is 17.7 Å². The molecule has 0 saturated heterocycles. The zero-order valence-electron chi connectivity index (χ0n) is 21.9. The van der Waals surface area contributed by atoms with Crippen LogP contribution >= 0.6 is 0 Å². The Morgan fingerprint density at radius 1 is 0.659 bits per heavy atom. The van der Waals surface area contributed by atoms with E-state index in [2.05, 4.69) is 27.8 Å². The summed E-state index contributed by atoms with van der Waals surface area (Å²) in [6.45, 7) is 0. The monoisotopic (exact) mass is 541 g/mol. The average Bonchev–Trinajstić information content (AvgIpc) is 3.01. The first-order valence-corrected chi connectivity index (χ1v) is 12.2. The standard InChI is InChI=1S/C33H23N3O5/c1-4-21-6-10-26(11-7-21)34-31(38)23-16-24(32(39)35-27-12-8-22(5-2)9-13-27)18-28(17-23)36-33(40)30-15-14-29(41-3)19-25(30)20-37/h1-2,6-20H,3H3,(H,34,38)(H,35,39)(H,36,40). The van der Waals surface area contributed by atoms with Crippen molar-refractivity contribution in [2.75, 3.05) is 23.1 Å². The van der Waals surface area contributed by atoms with Crippen LogP contribution < -0.4 is 20.7 Å². The van der Waals surface area contributed by atoms with Gasteiger partial charge in [-0.2, -0.15) is 0 Å². The summed E-state index contributed by atoms with van der Waals surface area (Å²) in [5, 5.41) is 8.18. The number of nitrogens with one attached hydrogen (secondary N) is 3. The number of benzene rings is 4. The van der Waals surface area contributed by atoms with Gasteiger partial charge in [0.1, 0.15) is 5.75 Å². The summed E-state index contributed by atoms with van der Waals surface area (Å²) >= 11 is 0. The molecule has 0 fully saturated rings. The van der Waals surface area contributed by atoms with Gasteiger partial charge in [0.05, 0.1) is 12.7 Å². The zero-order valence-corrected chi connectivity index (χ0v) is 21.9. The number of carbonyl (C=O) groups is 4. The van der Waals surface area contributed by atoms with E-state index in [-0.39, 0.29) is 27.9 Å². The molecular weight excluding hydrogens is 518 g/mol. The molecule has 0 aliphatic rings. The molecule has 200 valence electrons. The van der Waals surface area contributed by atoms with E-state index in [1.54, 1.807) is 54.6 Å².